The third kappa shape index (κ3) is 3.90. The zero-order valence-corrected chi connectivity index (χ0v) is 13.1. The molecule has 22 heavy (non-hydrogen) atoms. The van der Waals surface area contributed by atoms with Crippen molar-refractivity contribution in [3.63, 3.8) is 0 Å². The van der Waals surface area contributed by atoms with E-state index in [-0.39, 0.29) is 0 Å². The molecule has 116 valence electrons. The fraction of sp³-hybridized carbons (Fsp3) is 0.353. The van der Waals surface area contributed by atoms with Crippen LogP contribution in [-0.4, -0.2) is 24.7 Å². The number of fused-ring (bicyclic) bond motifs is 1. The number of ether oxygens (including phenoxy) is 2. The molecular weight excluding hydrogens is 300 g/mol. The smallest absolute Gasteiger partial charge is 0.179 e. The summed E-state index contributed by atoms with van der Waals surface area (Å²) in [4.78, 5) is 4.31. The van der Waals surface area contributed by atoms with Crippen molar-refractivity contribution >= 4 is 11.6 Å². The number of pyridine rings is 1. The molecule has 0 spiro atoms. The topological polar surface area (TPSA) is 43.4 Å². The number of halogens is 1. The average molecular weight is 319 g/mol. The predicted octanol–water partition coefficient (Wildman–Crippen LogP) is 3.23. The summed E-state index contributed by atoms with van der Waals surface area (Å²) in [7, 11) is 0. The van der Waals surface area contributed by atoms with Crippen molar-refractivity contribution in [3.05, 3.63) is 52.8 Å². The van der Waals surface area contributed by atoms with E-state index in [9.17, 15) is 0 Å². The Kier molecular flexibility index (Phi) is 5.14. The Bertz CT molecular complexity index is 620. The highest BCUT2D eigenvalue weighted by Crippen LogP contribution is 2.37. The van der Waals surface area contributed by atoms with Crippen LogP contribution >= 0.6 is 11.6 Å². The quantitative estimate of drug-likeness (QED) is 0.860. The molecule has 0 saturated heterocycles. The molecule has 0 atom stereocenters. The Morgan fingerprint density at radius 3 is 2.95 bits per heavy atom. The van der Waals surface area contributed by atoms with E-state index in [1.54, 1.807) is 0 Å². The van der Waals surface area contributed by atoms with Gasteiger partial charge in [0.1, 0.15) is 0 Å². The van der Waals surface area contributed by atoms with Crippen LogP contribution in [0.5, 0.6) is 11.5 Å². The van der Waals surface area contributed by atoms with Gasteiger partial charge in [-0.05, 0) is 29.8 Å². The average Bonchev–Trinajstić information content (AvgIpc) is 2.78. The SMILES string of the molecule is Clc1cc(CNCCc2ccccn2)cc2c1OCCCO2. The van der Waals surface area contributed by atoms with Crippen molar-refractivity contribution in [1.82, 2.24) is 10.3 Å². The van der Waals surface area contributed by atoms with E-state index in [4.69, 9.17) is 21.1 Å². The molecule has 2 aromatic rings. The molecule has 0 saturated carbocycles. The molecule has 2 heterocycles. The van der Waals surface area contributed by atoms with E-state index in [1.807, 2.05) is 36.5 Å². The van der Waals surface area contributed by atoms with Gasteiger partial charge in [-0.1, -0.05) is 17.7 Å². The van der Waals surface area contributed by atoms with Crippen LogP contribution in [0.15, 0.2) is 36.5 Å². The van der Waals surface area contributed by atoms with Crippen molar-refractivity contribution in [1.29, 1.82) is 0 Å². The molecular formula is C17H19ClN2O2. The first-order valence-corrected chi connectivity index (χ1v) is 7.89. The second-order valence-corrected chi connectivity index (χ2v) is 5.61. The van der Waals surface area contributed by atoms with Gasteiger partial charge in [-0.3, -0.25) is 4.98 Å². The number of benzene rings is 1. The molecule has 0 bridgehead atoms. The van der Waals surface area contributed by atoms with Crippen LogP contribution < -0.4 is 14.8 Å². The Balaban J connectivity index is 1.56. The second-order valence-electron chi connectivity index (χ2n) is 5.20. The van der Waals surface area contributed by atoms with Gasteiger partial charge < -0.3 is 14.8 Å². The highest BCUT2D eigenvalue weighted by Gasteiger charge is 2.15. The van der Waals surface area contributed by atoms with Crippen LogP contribution in [0.4, 0.5) is 0 Å². The lowest BCUT2D eigenvalue weighted by molar-refractivity contribution is 0.297. The molecule has 3 rings (SSSR count). The van der Waals surface area contributed by atoms with Crippen molar-refractivity contribution in [2.24, 2.45) is 0 Å². The number of nitrogens with one attached hydrogen (secondary N) is 1. The standard InChI is InChI=1S/C17H19ClN2O2/c18-15-10-13(11-16-17(15)22-9-3-8-21-16)12-19-7-5-14-4-1-2-6-20-14/h1-2,4,6,10-11,19H,3,5,7-9,12H2. The molecule has 0 aliphatic carbocycles. The molecule has 1 N–H and O–H groups in total. The summed E-state index contributed by atoms with van der Waals surface area (Å²) in [5, 5.41) is 4.02. The first-order valence-electron chi connectivity index (χ1n) is 7.51. The summed E-state index contributed by atoms with van der Waals surface area (Å²) in [6.45, 7) is 2.92. The van der Waals surface area contributed by atoms with Crippen LogP contribution in [0, 0.1) is 0 Å². The fourth-order valence-corrected chi connectivity index (χ4v) is 2.67. The minimum Gasteiger partial charge on any atom is -0.489 e. The minimum atomic E-state index is 0.612. The molecule has 5 heteroatoms. The minimum absolute atomic E-state index is 0.612. The van der Waals surface area contributed by atoms with E-state index >= 15 is 0 Å². The van der Waals surface area contributed by atoms with E-state index in [0.717, 1.165) is 42.9 Å². The monoisotopic (exact) mass is 318 g/mol. The van der Waals surface area contributed by atoms with Crippen LogP contribution in [0.25, 0.3) is 0 Å². The van der Waals surface area contributed by atoms with E-state index < -0.39 is 0 Å². The molecule has 0 fully saturated rings. The largest absolute Gasteiger partial charge is 0.489 e. The molecule has 1 aliphatic rings. The maximum absolute atomic E-state index is 6.29. The van der Waals surface area contributed by atoms with Gasteiger partial charge in [0.15, 0.2) is 11.5 Å². The zero-order valence-electron chi connectivity index (χ0n) is 12.3. The van der Waals surface area contributed by atoms with Gasteiger partial charge in [0.25, 0.3) is 0 Å². The molecule has 1 aromatic carbocycles. The van der Waals surface area contributed by atoms with Crippen LogP contribution in [0.2, 0.25) is 5.02 Å². The van der Waals surface area contributed by atoms with Crippen LogP contribution in [-0.2, 0) is 13.0 Å². The zero-order chi connectivity index (χ0) is 15.2. The summed E-state index contributed by atoms with van der Waals surface area (Å²) < 4.78 is 11.3. The van der Waals surface area contributed by atoms with Crippen molar-refractivity contribution < 1.29 is 9.47 Å². The van der Waals surface area contributed by atoms with Crippen LogP contribution in [0.3, 0.4) is 0 Å². The Morgan fingerprint density at radius 1 is 1.18 bits per heavy atom. The maximum Gasteiger partial charge on any atom is 0.179 e. The lowest BCUT2D eigenvalue weighted by atomic mass is 10.2. The predicted molar refractivity (Wildman–Crippen MR) is 86.7 cm³/mol. The Labute approximate surface area is 135 Å². The van der Waals surface area contributed by atoms with Gasteiger partial charge >= 0.3 is 0 Å². The van der Waals surface area contributed by atoms with E-state index in [1.165, 1.54) is 0 Å². The number of hydrogen-bond acceptors (Lipinski definition) is 4. The maximum atomic E-state index is 6.29. The van der Waals surface area contributed by atoms with Gasteiger partial charge in [-0.2, -0.15) is 0 Å². The van der Waals surface area contributed by atoms with E-state index in [0.29, 0.717) is 24.0 Å². The van der Waals surface area contributed by atoms with Crippen molar-refractivity contribution in [2.45, 2.75) is 19.4 Å². The van der Waals surface area contributed by atoms with Gasteiger partial charge in [0, 0.05) is 37.8 Å². The summed E-state index contributed by atoms with van der Waals surface area (Å²) >= 11 is 6.29. The summed E-state index contributed by atoms with van der Waals surface area (Å²) in [6, 6.07) is 9.90. The Hall–Kier alpha value is -1.78. The van der Waals surface area contributed by atoms with Gasteiger partial charge in [-0.25, -0.2) is 0 Å². The first kappa shape index (κ1) is 15.1. The van der Waals surface area contributed by atoms with Crippen molar-refractivity contribution in [2.75, 3.05) is 19.8 Å². The number of hydrogen-bond donors (Lipinski definition) is 1. The number of aromatic nitrogens is 1. The third-order valence-corrected chi connectivity index (χ3v) is 3.76. The van der Waals surface area contributed by atoms with Gasteiger partial charge in [0.05, 0.1) is 18.2 Å². The summed E-state index contributed by atoms with van der Waals surface area (Å²) in [5.74, 6) is 1.41. The summed E-state index contributed by atoms with van der Waals surface area (Å²) in [6.07, 6.45) is 3.60. The van der Waals surface area contributed by atoms with Crippen LogP contribution in [0.1, 0.15) is 17.7 Å². The molecule has 0 unspecified atom stereocenters. The number of nitrogens with zero attached hydrogens (tertiary/aromatic N) is 1. The lowest BCUT2D eigenvalue weighted by Crippen LogP contribution is -2.17. The molecule has 0 radical (unpaired) electrons. The highest BCUT2D eigenvalue weighted by molar-refractivity contribution is 6.32. The van der Waals surface area contributed by atoms with Gasteiger partial charge in [-0.15, -0.1) is 0 Å². The summed E-state index contributed by atoms with van der Waals surface area (Å²) in [5.41, 5.74) is 2.18. The van der Waals surface area contributed by atoms with E-state index in [2.05, 4.69) is 10.3 Å². The molecule has 0 amide bonds. The normalized spacial score (nSPS) is 13.7. The lowest BCUT2D eigenvalue weighted by Gasteiger charge is -2.12. The molecule has 1 aromatic heterocycles. The Morgan fingerprint density at radius 2 is 2.09 bits per heavy atom. The molecule has 4 nitrogen and oxygen atoms in total. The second kappa shape index (κ2) is 7.47. The molecule has 1 aliphatic heterocycles. The fourth-order valence-electron chi connectivity index (χ4n) is 2.38. The number of rotatable bonds is 5. The van der Waals surface area contributed by atoms with Gasteiger partial charge in [0.2, 0.25) is 0 Å². The highest BCUT2D eigenvalue weighted by atomic mass is 35.5. The van der Waals surface area contributed by atoms with Crippen molar-refractivity contribution in [3.8, 4) is 11.5 Å². The first-order chi connectivity index (χ1) is 10.8. The third-order valence-electron chi connectivity index (χ3n) is 3.48.